The summed E-state index contributed by atoms with van der Waals surface area (Å²) >= 11 is 1.94. The first-order valence-electron chi connectivity index (χ1n) is 19.0. The van der Waals surface area contributed by atoms with Crippen molar-refractivity contribution < 1.29 is 0 Å². The Morgan fingerprint density at radius 2 is 0.764 bits per heavy atom. The fourth-order valence-corrected chi connectivity index (χ4v) is 10.8. The normalized spacial score (nSPS) is 12.0. The molecule has 12 aromatic rings. The monoisotopic (exact) mass is 712 g/mol. The van der Waals surface area contributed by atoms with E-state index in [1.54, 1.807) is 0 Å². The Morgan fingerprint density at radius 1 is 0.255 bits per heavy atom. The van der Waals surface area contributed by atoms with Crippen LogP contribution in [0.3, 0.4) is 0 Å². The quantitative estimate of drug-likeness (QED) is 0.126. The van der Waals surface area contributed by atoms with E-state index in [0.717, 1.165) is 0 Å². The Labute approximate surface area is 322 Å². The molecule has 0 nitrogen and oxygen atoms in total. The molecule has 0 radical (unpaired) electrons. The first-order chi connectivity index (χ1) is 27.3. The smallest absolute Gasteiger partial charge is 0.0440 e. The van der Waals surface area contributed by atoms with E-state index in [4.69, 9.17) is 0 Å². The zero-order valence-corrected chi connectivity index (χ0v) is 30.7. The van der Waals surface area contributed by atoms with Gasteiger partial charge in [0.25, 0.3) is 0 Å². The third kappa shape index (κ3) is 4.51. The first kappa shape index (κ1) is 30.6. The summed E-state index contributed by atoms with van der Waals surface area (Å²) in [6.45, 7) is 0. The predicted molar refractivity (Wildman–Crippen MR) is 241 cm³/mol. The number of hydrogen-bond acceptors (Lipinski definition) is 1. The molecule has 0 unspecified atom stereocenters. The molecular weight excluding hydrogens is 681 g/mol. The molecule has 11 aromatic carbocycles. The number of rotatable bonds is 3. The third-order valence-corrected chi connectivity index (χ3v) is 13.1. The molecule has 0 aliphatic carbocycles. The maximum Gasteiger partial charge on any atom is 0.0440 e. The molecular formula is C54H32S. The van der Waals surface area contributed by atoms with Gasteiger partial charge in [-0.15, -0.1) is 11.3 Å². The van der Waals surface area contributed by atoms with Gasteiger partial charge in [0.05, 0.1) is 0 Å². The minimum atomic E-state index is 1.22. The lowest BCUT2D eigenvalue weighted by Crippen LogP contribution is -1.91. The number of fused-ring (bicyclic) bond motifs is 13. The standard InChI is InChI=1S/C54H32S/c1-2-14-38-34(12-1)13-11-23-42(38)51-46-20-8-6-18-44(46)50(45-19-7-9-21-47(45)51)35-26-24-33(25-27-35)36-28-30-39-37(32-36)29-31-49-52-43-17-5-3-15-40(43)41-16-4-10-22-48(41)54(52)55-53(39)49/h1-32H. The molecule has 55 heavy (non-hydrogen) atoms. The van der Waals surface area contributed by atoms with Crippen LogP contribution in [0.4, 0.5) is 0 Å². The van der Waals surface area contributed by atoms with E-state index in [1.165, 1.54) is 118 Å². The van der Waals surface area contributed by atoms with Crippen LogP contribution in [0.25, 0.3) is 118 Å². The minimum Gasteiger partial charge on any atom is -0.134 e. The highest BCUT2D eigenvalue weighted by Gasteiger charge is 2.19. The van der Waals surface area contributed by atoms with Gasteiger partial charge in [-0.3, -0.25) is 0 Å². The first-order valence-corrected chi connectivity index (χ1v) is 19.8. The van der Waals surface area contributed by atoms with Gasteiger partial charge in [0.15, 0.2) is 0 Å². The Balaban J connectivity index is 1.00. The molecule has 1 aromatic heterocycles. The maximum atomic E-state index is 2.37. The van der Waals surface area contributed by atoms with Gasteiger partial charge in [0.1, 0.15) is 0 Å². The molecule has 0 N–H and O–H groups in total. The van der Waals surface area contributed by atoms with Crippen LogP contribution in [-0.4, -0.2) is 0 Å². The molecule has 0 saturated carbocycles. The Morgan fingerprint density at radius 3 is 1.47 bits per heavy atom. The van der Waals surface area contributed by atoms with Crippen LogP contribution in [0.5, 0.6) is 0 Å². The fourth-order valence-electron chi connectivity index (χ4n) is 9.37. The summed E-state index contributed by atoms with van der Waals surface area (Å²) in [4.78, 5) is 0. The van der Waals surface area contributed by atoms with Crippen LogP contribution in [0, 0.1) is 0 Å². The van der Waals surface area contributed by atoms with Crippen LogP contribution in [-0.2, 0) is 0 Å². The maximum absolute atomic E-state index is 2.37. The van der Waals surface area contributed by atoms with Gasteiger partial charge in [-0.2, -0.15) is 0 Å². The van der Waals surface area contributed by atoms with Crippen LogP contribution >= 0.6 is 11.3 Å². The molecule has 1 heterocycles. The van der Waals surface area contributed by atoms with Crippen molar-refractivity contribution >= 4 is 96.1 Å². The second kappa shape index (κ2) is 11.9. The predicted octanol–water partition coefficient (Wildman–Crippen LogP) is 16.0. The molecule has 0 aliphatic heterocycles. The van der Waals surface area contributed by atoms with Crippen molar-refractivity contribution in [3.05, 3.63) is 194 Å². The number of hydrogen-bond donors (Lipinski definition) is 0. The molecule has 0 atom stereocenters. The summed E-state index contributed by atoms with van der Waals surface area (Å²) in [6, 6.07) is 72.0. The Bertz CT molecular complexity index is 3470. The molecule has 1 heteroatoms. The van der Waals surface area contributed by atoms with Crippen molar-refractivity contribution in [1.29, 1.82) is 0 Å². The molecule has 0 saturated heterocycles. The fraction of sp³-hybridized carbons (Fsp3) is 0. The van der Waals surface area contributed by atoms with Gasteiger partial charge in [-0.25, -0.2) is 0 Å². The van der Waals surface area contributed by atoms with Crippen LogP contribution < -0.4 is 0 Å². The zero-order chi connectivity index (χ0) is 36.0. The zero-order valence-electron chi connectivity index (χ0n) is 29.9. The van der Waals surface area contributed by atoms with Crippen molar-refractivity contribution in [2.24, 2.45) is 0 Å². The van der Waals surface area contributed by atoms with E-state index >= 15 is 0 Å². The SMILES string of the molecule is c1ccc2c(-c3c4ccccc4c(-c4ccc(-c5ccc6c(ccc7c6sc6c8ccccc8c8ccccc8c76)c5)cc4)c4ccccc34)cccc2c1. The van der Waals surface area contributed by atoms with Crippen molar-refractivity contribution in [2.75, 3.05) is 0 Å². The number of benzene rings is 11. The average molecular weight is 713 g/mol. The van der Waals surface area contributed by atoms with E-state index in [2.05, 4.69) is 194 Å². The third-order valence-electron chi connectivity index (χ3n) is 11.8. The lowest BCUT2D eigenvalue weighted by molar-refractivity contribution is 1.63. The Hall–Kier alpha value is -6.80. The summed E-state index contributed by atoms with van der Waals surface area (Å²) in [5, 5.41) is 18.3. The summed E-state index contributed by atoms with van der Waals surface area (Å²) in [5.41, 5.74) is 7.55. The summed E-state index contributed by atoms with van der Waals surface area (Å²) in [6.07, 6.45) is 0. The van der Waals surface area contributed by atoms with Crippen molar-refractivity contribution in [3.63, 3.8) is 0 Å². The largest absolute Gasteiger partial charge is 0.134 e. The summed E-state index contributed by atoms with van der Waals surface area (Å²) in [5.74, 6) is 0. The summed E-state index contributed by atoms with van der Waals surface area (Å²) in [7, 11) is 0. The molecule has 0 amide bonds. The minimum absolute atomic E-state index is 1.22. The van der Waals surface area contributed by atoms with Gasteiger partial charge >= 0.3 is 0 Å². The number of thiophene rings is 1. The van der Waals surface area contributed by atoms with Gasteiger partial charge in [0.2, 0.25) is 0 Å². The lowest BCUT2D eigenvalue weighted by Gasteiger charge is -2.19. The molecule has 254 valence electrons. The molecule has 0 bridgehead atoms. The topological polar surface area (TPSA) is 0 Å². The highest BCUT2D eigenvalue weighted by Crippen LogP contribution is 2.48. The van der Waals surface area contributed by atoms with Crippen LogP contribution in [0.15, 0.2) is 194 Å². The Kier molecular flexibility index (Phi) is 6.60. The van der Waals surface area contributed by atoms with E-state index < -0.39 is 0 Å². The van der Waals surface area contributed by atoms with Crippen LogP contribution in [0.2, 0.25) is 0 Å². The molecule has 12 rings (SSSR count). The van der Waals surface area contributed by atoms with Crippen LogP contribution in [0.1, 0.15) is 0 Å². The van der Waals surface area contributed by atoms with Gasteiger partial charge < -0.3 is 0 Å². The van der Waals surface area contributed by atoms with E-state index in [1.807, 2.05) is 11.3 Å². The molecule has 0 aliphatic rings. The highest BCUT2D eigenvalue weighted by atomic mass is 32.1. The van der Waals surface area contributed by atoms with Crippen molar-refractivity contribution in [1.82, 2.24) is 0 Å². The second-order valence-corrected chi connectivity index (χ2v) is 15.7. The lowest BCUT2D eigenvalue weighted by atomic mass is 9.84. The average Bonchev–Trinajstić information content (AvgIpc) is 3.66. The van der Waals surface area contributed by atoms with Gasteiger partial charge in [-0.05, 0) is 98.7 Å². The van der Waals surface area contributed by atoms with Gasteiger partial charge in [0, 0.05) is 25.6 Å². The van der Waals surface area contributed by atoms with E-state index in [-0.39, 0.29) is 0 Å². The summed E-state index contributed by atoms with van der Waals surface area (Å²) < 4.78 is 2.74. The van der Waals surface area contributed by atoms with Crippen molar-refractivity contribution in [3.8, 4) is 33.4 Å². The molecule has 0 spiro atoms. The molecule has 0 fully saturated rings. The van der Waals surface area contributed by atoms with Crippen molar-refractivity contribution in [2.45, 2.75) is 0 Å². The van der Waals surface area contributed by atoms with E-state index in [9.17, 15) is 0 Å². The van der Waals surface area contributed by atoms with Gasteiger partial charge in [-0.1, -0.05) is 188 Å². The van der Waals surface area contributed by atoms with E-state index in [0.29, 0.717) is 0 Å². The second-order valence-electron chi connectivity index (χ2n) is 14.7. The highest BCUT2D eigenvalue weighted by molar-refractivity contribution is 7.27.